The number of nitrogens with zero attached hydrogens (tertiary/aromatic N) is 3. The summed E-state index contributed by atoms with van der Waals surface area (Å²) < 4.78 is 0. The van der Waals surface area contributed by atoms with E-state index in [1.165, 1.54) is 0 Å². The quantitative estimate of drug-likeness (QED) is 0.213. The summed E-state index contributed by atoms with van der Waals surface area (Å²) in [4.78, 5) is 32.5. The third-order valence-corrected chi connectivity index (χ3v) is 4.57. The molecule has 2 aliphatic rings. The van der Waals surface area contributed by atoms with E-state index in [0.717, 1.165) is 45.0 Å². The van der Waals surface area contributed by atoms with Gasteiger partial charge in [0.1, 0.15) is 0 Å². The van der Waals surface area contributed by atoms with Gasteiger partial charge in [0.15, 0.2) is 5.96 Å². The van der Waals surface area contributed by atoms with Gasteiger partial charge in [0.2, 0.25) is 11.8 Å². The Bertz CT molecular complexity index is 522. The van der Waals surface area contributed by atoms with Crippen LogP contribution in [0.15, 0.2) is 4.99 Å². The van der Waals surface area contributed by atoms with Gasteiger partial charge in [-0.3, -0.25) is 19.5 Å². The van der Waals surface area contributed by atoms with Gasteiger partial charge < -0.3 is 20.9 Å². The fraction of sp³-hybridized carbons (Fsp3) is 0.833. The average molecular weight is 494 g/mol. The van der Waals surface area contributed by atoms with Gasteiger partial charge in [0, 0.05) is 57.8 Å². The average Bonchev–Trinajstić information content (AvgIpc) is 3.38. The zero-order valence-corrected chi connectivity index (χ0v) is 19.3. The van der Waals surface area contributed by atoms with E-state index in [1.807, 2.05) is 20.8 Å². The SMILES string of the molecule is CN=C(NCCNC(=O)C(C)(C)C)N1CCN(CC(=O)NC2CC2)CC1.I. The van der Waals surface area contributed by atoms with Crippen LogP contribution in [0.4, 0.5) is 0 Å². The van der Waals surface area contributed by atoms with Crippen LogP contribution in [0.25, 0.3) is 0 Å². The van der Waals surface area contributed by atoms with Crippen LogP contribution in [0.3, 0.4) is 0 Å². The van der Waals surface area contributed by atoms with Crippen LogP contribution in [-0.2, 0) is 9.59 Å². The first-order valence-electron chi connectivity index (χ1n) is 9.55. The lowest BCUT2D eigenvalue weighted by atomic mass is 9.96. The van der Waals surface area contributed by atoms with Crippen molar-refractivity contribution < 1.29 is 9.59 Å². The molecule has 0 aromatic carbocycles. The number of carbonyl (C=O) groups excluding carboxylic acids is 2. The van der Waals surface area contributed by atoms with E-state index in [4.69, 9.17) is 0 Å². The van der Waals surface area contributed by atoms with Crippen molar-refractivity contribution in [3.05, 3.63) is 0 Å². The van der Waals surface area contributed by atoms with Gasteiger partial charge in [-0.25, -0.2) is 0 Å². The van der Waals surface area contributed by atoms with Gasteiger partial charge in [-0.05, 0) is 12.8 Å². The molecule has 1 aliphatic carbocycles. The van der Waals surface area contributed by atoms with Crippen molar-refractivity contribution >= 4 is 41.8 Å². The molecule has 1 saturated carbocycles. The lowest BCUT2D eigenvalue weighted by Gasteiger charge is -2.36. The van der Waals surface area contributed by atoms with Crippen LogP contribution in [0.2, 0.25) is 0 Å². The van der Waals surface area contributed by atoms with Crippen molar-refractivity contribution in [1.82, 2.24) is 25.8 Å². The minimum absolute atomic E-state index is 0. The molecule has 0 bridgehead atoms. The Morgan fingerprint density at radius 1 is 1.04 bits per heavy atom. The number of piperazine rings is 1. The summed E-state index contributed by atoms with van der Waals surface area (Å²) in [6.07, 6.45) is 2.25. The number of rotatable bonds is 6. The van der Waals surface area contributed by atoms with Crippen LogP contribution in [0.5, 0.6) is 0 Å². The highest BCUT2D eigenvalue weighted by molar-refractivity contribution is 14.0. The second kappa shape index (κ2) is 11.0. The summed E-state index contributed by atoms with van der Waals surface area (Å²) in [6.45, 7) is 10.8. The lowest BCUT2D eigenvalue weighted by Crippen LogP contribution is -2.54. The molecule has 0 atom stereocenters. The van der Waals surface area contributed by atoms with Crippen LogP contribution < -0.4 is 16.0 Å². The number of halogens is 1. The normalized spacial score (nSPS) is 18.5. The van der Waals surface area contributed by atoms with Crippen LogP contribution in [0.1, 0.15) is 33.6 Å². The maximum absolute atomic E-state index is 11.9. The smallest absolute Gasteiger partial charge is 0.234 e. The summed E-state index contributed by atoms with van der Waals surface area (Å²) in [5.41, 5.74) is -0.371. The van der Waals surface area contributed by atoms with Crippen molar-refractivity contribution in [2.45, 2.75) is 39.7 Å². The maximum atomic E-state index is 11.9. The fourth-order valence-corrected chi connectivity index (χ4v) is 2.77. The van der Waals surface area contributed by atoms with Crippen molar-refractivity contribution in [2.24, 2.45) is 10.4 Å². The molecule has 0 spiro atoms. The van der Waals surface area contributed by atoms with Crippen molar-refractivity contribution in [3.63, 3.8) is 0 Å². The third-order valence-electron chi connectivity index (χ3n) is 4.57. The lowest BCUT2D eigenvalue weighted by molar-refractivity contribution is -0.128. The molecule has 1 aliphatic heterocycles. The molecule has 2 rings (SSSR count). The third kappa shape index (κ3) is 8.63. The first-order chi connectivity index (χ1) is 12.3. The number of aliphatic imine (C=N–C) groups is 1. The van der Waals surface area contributed by atoms with Gasteiger partial charge in [-0.2, -0.15) is 0 Å². The number of amides is 2. The maximum Gasteiger partial charge on any atom is 0.234 e. The van der Waals surface area contributed by atoms with Crippen LogP contribution in [0, 0.1) is 5.41 Å². The Balaban J connectivity index is 0.00000364. The Hall–Kier alpha value is -1.10. The van der Waals surface area contributed by atoms with E-state index in [0.29, 0.717) is 25.7 Å². The van der Waals surface area contributed by atoms with Crippen LogP contribution >= 0.6 is 24.0 Å². The number of hydrogen-bond donors (Lipinski definition) is 3. The van der Waals surface area contributed by atoms with E-state index >= 15 is 0 Å². The Labute approximate surface area is 179 Å². The van der Waals surface area contributed by atoms with E-state index < -0.39 is 0 Å². The fourth-order valence-electron chi connectivity index (χ4n) is 2.77. The molecule has 1 saturated heterocycles. The molecule has 1 heterocycles. The first kappa shape index (κ1) is 23.9. The summed E-state index contributed by atoms with van der Waals surface area (Å²) in [6, 6.07) is 0.422. The van der Waals surface area contributed by atoms with Gasteiger partial charge in [-0.1, -0.05) is 20.8 Å². The molecule has 156 valence electrons. The summed E-state index contributed by atoms with van der Waals surface area (Å²) in [5, 5.41) is 9.26. The van der Waals surface area contributed by atoms with Gasteiger partial charge in [-0.15, -0.1) is 24.0 Å². The Morgan fingerprint density at radius 3 is 2.15 bits per heavy atom. The number of nitrogens with one attached hydrogen (secondary N) is 3. The zero-order chi connectivity index (χ0) is 19.2. The zero-order valence-electron chi connectivity index (χ0n) is 17.0. The number of hydrogen-bond acceptors (Lipinski definition) is 4. The molecular weight excluding hydrogens is 459 g/mol. The van der Waals surface area contributed by atoms with Crippen LogP contribution in [-0.4, -0.2) is 86.5 Å². The molecule has 0 radical (unpaired) electrons. The number of carbonyl (C=O) groups is 2. The summed E-state index contributed by atoms with van der Waals surface area (Å²) >= 11 is 0. The monoisotopic (exact) mass is 494 g/mol. The summed E-state index contributed by atoms with van der Waals surface area (Å²) in [5.74, 6) is 1.03. The highest BCUT2D eigenvalue weighted by Gasteiger charge is 2.26. The van der Waals surface area contributed by atoms with Gasteiger partial charge in [0.05, 0.1) is 6.54 Å². The Morgan fingerprint density at radius 2 is 1.63 bits per heavy atom. The molecule has 0 unspecified atom stereocenters. The molecule has 2 fully saturated rings. The van der Waals surface area contributed by atoms with Crippen molar-refractivity contribution in [3.8, 4) is 0 Å². The predicted molar refractivity (Wildman–Crippen MR) is 118 cm³/mol. The predicted octanol–water partition coefficient (Wildman–Crippen LogP) is 0.238. The van der Waals surface area contributed by atoms with E-state index in [1.54, 1.807) is 7.05 Å². The minimum Gasteiger partial charge on any atom is -0.354 e. The molecule has 27 heavy (non-hydrogen) atoms. The topological polar surface area (TPSA) is 89.1 Å². The van der Waals surface area contributed by atoms with Crippen molar-refractivity contribution in [1.29, 1.82) is 0 Å². The molecular formula is C18H35IN6O2. The first-order valence-corrected chi connectivity index (χ1v) is 9.55. The minimum atomic E-state index is -0.371. The molecule has 2 amide bonds. The highest BCUT2D eigenvalue weighted by Crippen LogP contribution is 2.18. The molecule has 0 aromatic heterocycles. The van der Waals surface area contributed by atoms with Crippen molar-refractivity contribution in [2.75, 3.05) is 52.9 Å². The standard InChI is InChI=1S/C18H34N6O2.HI/c1-18(2,3)16(26)20-7-8-21-17(19-4)24-11-9-23(10-12-24)13-15(25)22-14-5-6-14;/h14H,5-13H2,1-4H3,(H,19,21)(H,20,26)(H,22,25);1H. The highest BCUT2D eigenvalue weighted by atomic mass is 127. The van der Waals surface area contributed by atoms with E-state index in [-0.39, 0.29) is 41.2 Å². The molecule has 9 heteroatoms. The van der Waals surface area contributed by atoms with E-state index in [9.17, 15) is 9.59 Å². The molecule has 8 nitrogen and oxygen atoms in total. The summed E-state index contributed by atoms with van der Waals surface area (Å²) in [7, 11) is 1.77. The van der Waals surface area contributed by atoms with E-state index in [2.05, 4.69) is 30.7 Å². The van der Waals surface area contributed by atoms with Gasteiger partial charge >= 0.3 is 0 Å². The Kier molecular flexibility index (Phi) is 9.78. The van der Waals surface area contributed by atoms with Gasteiger partial charge in [0.25, 0.3) is 0 Å². The molecule has 0 aromatic rings. The second-order valence-electron chi connectivity index (χ2n) is 8.08. The largest absolute Gasteiger partial charge is 0.354 e. The molecule has 3 N–H and O–H groups in total. The second-order valence-corrected chi connectivity index (χ2v) is 8.08. The number of guanidine groups is 1.